The summed E-state index contributed by atoms with van der Waals surface area (Å²) in [6.07, 6.45) is 2.79. The summed E-state index contributed by atoms with van der Waals surface area (Å²) >= 11 is 6.00. The highest BCUT2D eigenvalue weighted by atomic mass is 35.5. The summed E-state index contributed by atoms with van der Waals surface area (Å²) in [6, 6.07) is 14.2. The zero-order valence-electron chi connectivity index (χ0n) is 14.6. The number of ether oxygens (including phenoxy) is 2. The zero-order chi connectivity index (χ0) is 18.8. The van der Waals surface area contributed by atoms with E-state index in [0.717, 1.165) is 5.56 Å². The third kappa shape index (κ3) is 3.61. The van der Waals surface area contributed by atoms with Gasteiger partial charge in [0.1, 0.15) is 18.5 Å². The van der Waals surface area contributed by atoms with Crippen LogP contribution >= 0.6 is 11.6 Å². The maximum atomic E-state index is 12.9. The highest BCUT2D eigenvalue weighted by molar-refractivity contribution is 6.30. The van der Waals surface area contributed by atoms with Crippen molar-refractivity contribution in [3.05, 3.63) is 77.3 Å². The fraction of sp³-hybridized carbons (Fsp3) is 0.200. The van der Waals surface area contributed by atoms with E-state index in [2.05, 4.69) is 10.3 Å². The molecule has 3 aromatic rings. The van der Waals surface area contributed by atoms with Gasteiger partial charge in [0.05, 0.1) is 0 Å². The van der Waals surface area contributed by atoms with Crippen molar-refractivity contribution in [2.45, 2.75) is 12.1 Å². The summed E-state index contributed by atoms with van der Waals surface area (Å²) in [5.74, 6) is 1.64. The molecule has 0 saturated heterocycles. The molecular weight excluding hydrogens is 366 g/mol. The summed E-state index contributed by atoms with van der Waals surface area (Å²) in [5.41, 5.74) is 0.874. The number of halogens is 1. The van der Waals surface area contributed by atoms with Crippen molar-refractivity contribution < 1.29 is 14.3 Å². The molecule has 0 saturated carbocycles. The lowest BCUT2D eigenvalue weighted by Gasteiger charge is -2.27. The molecular formula is C20H18ClN3O3. The monoisotopic (exact) mass is 383 g/mol. The van der Waals surface area contributed by atoms with Gasteiger partial charge in [-0.2, -0.15) is 0 Å². The minimum atomic E-state index is -0.741. The highest BCUT2D eigenvalue weighted by Crippen LogP contribution is 2.31. The molecule has 138 valence electrons. The Morgan fingerprint density at radius 2 is 1.96 bits per heavy atom. The number of para-hydroxylation sites is 2. The number of nitrogens with zero attached hydrogens (tertiary/aromatic N) is 2. The number of aromatic nitrogens is 2. The van der Waals surface area contributed by atoms with Gasteiger partial charge in [-0.25, -0.2) is 4.98 Å². The van der Waals surface area contributed by atoms with E-state index in [0.29, 0.717) is 22.3 Å². The SMILES string of the molecule is Cn1ccnc1[C@H](NC(=O)[C@H]1COc2ccccc2O1)c1ccc(Cl)cc1. The van der Waals surface area contributed by atoms with Crippen molar-refractivity contribution in [3.63, 3.8) is 0 Å². The number of nitrogens with one attached hydrogen (secondary N) is 1. The van der Waals surface area contributed by atoms with Crippen molar-refractivity contribution in [2.75, 3.05) is 6.61 Å². The molecule has 1 aliphatic heterocycles. The van der Waals surface area contributed by atoms with Gasteiger partial charge in [0.25, 0.3) is 5.91 Å². The minimum absolute atomic E-state index is 0.150. The Morgan fingerprint density at radius 3 is 2.67 bits per heavy atom. The molecule has 7 heteroatoms. The molecule has 2 aromatic carbocycles. The van der Waals surface area contributed by atoms with E-state index in [-0.39, 0.29) is 12.5 Å². The first-order valence-corrected chi connectivity index (χ1v) is 8.91. The normalized spacial score (nSPS) is 16.6. The molecule has 2 heterocycles. The van der Waals surface area contributed by atoms with E-state index in [1.165, 1.54) is 0 Å². The second-order valence-corrected chi connectivity index (χ2v) is 6.69. The molecule has 1 aromatic heterocycles. The average Bonchev–Trinajstić information content (AvgIpc) is 3.12. The summed E-state index contributed by atoms with van der Waals surface area (Å²) in [6.45, 7) is 0.150. The van der Waals surface area contributed by atoms with Crippen molar-refractivity contribution in [1.82, 2.24) is 14.9 Å². The van der Waals surface area contributed by atoms with E-state index in [9.17, 15) is 4.79 Å². The van der Waals surface area contributed by atoms with Gasteiger partial charge in [-0.05, 0) is 29.8 Å². The van der Waals surface area contributed by atoms with Crippen LogP contribution < -0.4 is 14.8 Å². The molecule has 0 fully saturated rings. The predicted molar refractivity (Wildman–Crippen MR) is 101 cm³/mol. The third-order valence-corrected chi connectivity index (χ3v) is 4.66. The number of benzene rings is 2. The average molecular weight is 384 g/mol. The number of hydrogen-bond donors (Lipinski definition) is 1. The topological polar surface area (TPSA) is 65.4 Å². The van der Waals surface area contributed by atoms with Crippen LogP contribution in [0.4, 0.5) is 0 Å². The molecule has 0 radical (unpaired) electrons. The smallest absolute Gasteiger partial charge is 0.265 e. The summed E-state index contributed by atoms with van der Waals surface area (Å²) in [4.78, 5) is 17.3. The highest BCUT2D eigenvalue weighted by Gasteiger charge is 2.30. The molecule has 4 rings (SSSR count). The van der Waals surface area contributed by atoms with Gasteiger partial charge in [0.2, 0.25) is 6.10 Å². The number of imidazole rings is 1. The van der Waals surface area contributed by atoms with Crippen LogP contribution in [0.1, 0.15) is 17.4 Å². The first-order valence-electron chi connectivity index (χ1n) is 8.53. The van der Waals surface area contributed by atoms with Gasteiger partial charge in [-0.1, -0.05) is 35.9 Å². The molecule has 0 aliphatic carbocycles. The number of aryl methyl sites for hydroxylation is 1. The van der Waals surface area contributed by atoms with E-state index >= 15 is 0 Å². The van der Waals surface area contributed by atoms with Gasteiger partial charge >= 0.3 is 0 Å². The largest absolute Gasteiger partial charge is 0.485 e. The Labute approximate surface area is 161 Å². The van der Waals surface area contributed by atoms with Crippen molar-refractivity contribution in [2.24, 2.45) is 7.05 Å². The second kappa shape index (κ2) is 7.32. The Bertz CT molecular complexity index is 955. The number of hydrogen-bond acceptors (Lipinski definition) is 4. The Morgan fingerprint density at radius 1 is 1.22 bits per heavy atom. The van der Waals surface area contributed by atoms with E-state index in [1.807, 2.05) is 48.1 Å². The Kier molecular flexibility index (Phi) is 4.73. The molecule has 1 aliphatic rings. The van der Waals surface area contributed by atoms with Gasteiger partial charge < -0.3 is 19.4 Å². The standard InChI is InChI=1S/C20H18ClN3O3/c1-24-11-10-22-19(24)18(13-6-8-14(21)9-7-13)23-20(25)17-12-26-15-4-2-3-5-16(15)27-17/h2-11,17-18H,12H2,1H3,(H,23,25)/t17-,18-/m1/s1. The Hall–Kier alpha value is -2.99. The van der Waals surface area contributed by atoms with E-state index in [1.54, 1.807) is 24.4 Å². The lowest BCUT2D eigenvalue weighted by molar-refractivity contribution is -0.130. The van der Waals surface area contributed by atoms with Gasteiger partial charge in [0, 0.05) is 24.5 Å². The van der Waals surface area contributed by atoms with Crippen LogP contribution in [0.15, 0.2) is 60.9 Å². The minimum Gasteiger partial charge on any atom is -0.485 e. The molecule has 6 nitrogen and oxygen atoms in total. The van der Waals surface area contributed by atoms with Gasteiger partial charge in [-0.3, -0.25) is 4.79 Å². The number of rotatable bonds is 4. The van der Waals surface area contributed by atoms with E-state index in [4.69, 9.17) is 21.1 Å². The maximum absolute atomic E-state index is 12.9. The van der Waals surface area contributed by atoms with Crippen LogP contribution in [-0.2, 0) is 11.8 Å². The molecule has 27 heavy (non-hydrogen) atoms. The summed E-state index contributed by atoms with van der Waals surface area (Å²) < 4.78 is 13.3. The van der Waals surface area contributed by atoms with Crippen LogP contribution in [0.25, 0.3) is 0 Å². The molecule has 2 atom stereocenters. The second-order valence-electron chi connectivity index (χ2n) is 6.25. The fourth-order valence-corrected chi connectivity index (χ4v) is 3.12. The van der Waals surface area contributed by atoms with Crippen LogP contribution in [0.5, 0.6) is 11.5 Å². The number of carbonyl (C=O) groups excluding carboxylic acids is 1. The number of carbonyl (C=O) groups is 1. The molecule has 1 amide bonds. The summed E-state index contributed by atoms with van der Waals surface area (Å²) in [5, 5.41) is 3.66. The molecule has 0 spiro atoms. The van der Waals surface area contributed by atoms with Crippen LogP contribution in [0.3, 0.4) is 0 Å². The lowest BCUT2D eigenvalue weighted by Crippen LogP contribution is -2.45. The van der Waals surface area contributed by atoms with Gasteiger partial charge in [-0.15, -0.1) is 0 Å². The predicted octanol–water partition coefficient (Wildman–Crippen LogP) is 3.12. The fourth-order valence-electron chi connectivity index (χ4n) is 2.99. The van der Waals surface area contributed by atoms with E-state index < -0.39 is 12.1 Å². The Balaban J connectivity index is 1.58. The quantitative estimate of drug-likeness (QED) is 0.751. The third-order valence-electron chi connectivity index (χ3n) is 4.41. The lowest BCUT2D eigenvalue weighted by atomic mass is 10.1. The van der Waals surface area contributed by atoms with Crippen molar-refractivity contribution in [3.8, 4) is 11.5 Å². The molecule has 0 bridgehead atoms. The molecule has 0 unspecified atom stereocenters. The number of fused-ring (bicyclic) bond motifs is 1. The van der Waals surface area contributed by atoms with Gasteiger partial charge in [0.15, 0.2) is 11.5 Å². The van der Waals surface area contributed by atoms with Crippen LogP contribution in [0, 0.1) is 0 Å². The number of amides is 1. The van der Waals surface area contributed by atoms with Crippen LogP contribution in [-0.4, -0.2) is 28.2 Å². The van der Waals surface area contributed by atoms with Crippen LogP contribution in [0.2, 0.25) is 5.02 Å². The first kappa shape index (κ1) is 17.4. The maximum Gasteiger partial charge on any atom is 0.265 e. The van der Waals surface area contributed by atoms with Crippen molar-refractivity contribution >= 4 is 17.5 Å². The van der Waals surface area contributed by atoms with Crippen molar-refractivity contribution in [1.29, 1.82) is 0 Å². The zero-order valence-corrected chi connectivity index (χ0v) is 15.4. The molecule has 1 N–H and O–H groups in total. The summed E-state index contributed by atoms with van der Waals surface area (Å²) in [7, 11) is 1.88. The first-order chi connectivity index (χ1) is 13.1.